The number of carbonyl (C=O) groups is 1. The largest absolute Gasteiger partial charge is 0.352 e. The topological polar surface area (TPSA) is 49.3 Å². The molecule has 0 spiro atoms. The Labute approximate surface area is 185 Å². The van der Waals surface area contributed by atoms with E-state index in [0.29, 0.717) is 32.1 Å². The summed E-state index contributed by atoms with van der Waals surface area (Å²) in [5.41, 5.74) is 1.39. The molecule has 1 amide bonds. The first kappa shape index (κ1) is 21.0. The van der Waals surface area contributed by atoms with E-state index in [1.807, 2.05) is 0 Å². The summed E-state index contributed by atoms with van der Waals surface area (Å²) in [6.45, 7) is 6.75. The molecule has 1 aliphatic carbocycles. The first-order valence-electron chi connectivity index (χ1n) is 10.1. The fourth-order valence-corrected chi connectivity index (χ4v) is 4.95. The number of piperazine rings is 1. The summed E-state index contributed by atoms with van der Waals surface area (Å²) in [7, 11) is 0. The van der Waals surface area contributed by atoms with Crippen LogP contribution in [0.2, 0.25) is 0 Å². The van der Waals surface area contributed by atoms with Crippen LogP contribution in [0, 0.1) is 19.7 Å². The second-order valence-electron chi connectivity index (χ2n) is 7.90. The Morgan fingerprint density at radius 1 is 1.10 bits per heavy atom. The summed E-state index contributed by atoms with van der Waals surface area (Å²) in [6.07, 6.45) is 2.33. The fraction of sp³-hybridized carbons (Fsp3) is 0.409. The molecule has 1 saturated heterocycles. The molecule has 8 heteroatoms. The van der Waals surface area contributed by atoms with E-state index in [1.54, 1.807) is 34.4 Å². The van der Waals surface area contributed by atoms with Crippen LogP contribution in [0.5, 0.6) is 0 Å². The van der Waals surface area contributed by atoms with Gasteiger partial charge in [0.2, 0.25) is 0 Å². The molecule has 0 unspecified atom stereocenters. The van der Waals surface area contributed by atoms with E-state index < -0.39 is 5.82 Å². The average molecular weight is 447 g/mol. The first-order valence-corrected chi connectivity index (χ1v) is 10.9. The van der Waals surface area contributed by atoms with Crippen molar-refractivity contribution in [1.29, 1.82) is 0 Å². The molecule has 3 aromatic rings. The molecule has 158 valence electrons. The van der Waals surface area contributed by atoms with Gasteiger partial charge in [-0.2, -0.15) is 0 Å². The third-order valence-electron chi connectivity index (χ3n) is 5.94. The van der Waals surface area contributed by atoms with Gasteiger partial charge in [0.15, 0.2) is 0 Å². The molecule has 0 radical (unpaired) electrons. The zero-order valence-corrected chi connectivity index (χ0v) is 18.7. The molecule has 30 heavy (non-hydrogen) atoms. The number of anilines is 1. The van der Waals surface area contributed by atoms with E-state index in [2.05, 4.69) is 18.7 Å². The van der Waals surface area contributed by atoms with Gasteiger partial charge >= 0.3 is 0 Å². The van der Waals surface area contributed by atoms with E-state index in [1.165, 1.54) is 29.3 Å². The van der Waals surface area contributed by atoms with Crippen LogP contribution < -0.4 is 4.90 Å². The Kier molecular flexibility index (Phi) is 5.68. The standard InChI is InChI=1S/C22H23FN4OS.ClH/c1-13-14(2)29-21-18(13)20(24-19(25-21)15-7-8-15)26-9-11-27(12-10-26)22(28)16-5-3-4-6-17(16)23;/h3-6,15H,7-12H2,1-2H3;1H. The Bertz CT molecular complexity index is 1110. The number of amides is 1. The lowest BCUT2D eigenvalue weighted by atomic mass is 10.1. The number of halogens is 2. The first-order chi connectivity index (χ1) is 14.0. The number of nitrogens with zero attached hydrogens (tertiary/aromatic N) is 4. The van der Waals surface area contributed by atoms with Crippen LogP contribution in [-0.4, -0.2) is 47.0 Å². The number of carbonyl (C=O) groups excluding carboxylic acids is 1. The molecular weight excluding hydrogens is 423 g/mol. The minimum atomic E-state index is -0.462. The van der Waals surface area contributed by atoms with Crippen molar-refractivity contribution < 1.29 is 9.18 Å². The highest BCUT2D eigenvalue weighted by atomic mass is 35.5. The quantitative estimate of drug-likeness (QED) is 0.584. The van der Waals surface area contributed by atoms with E-state index in [4.69, 9.17) is 9.97 Å². The molecule has 0 atom stereocenters. The summed E-state index contributed by atoms with van der Waals surface area (Å²) in [6, 6.07) is 6.19. The van der Waals surface area contributed by atoms with Gasteiger partial charge in [0.25, 0.3) is 5.91 Å². The maximum Gasteiger partial charge on any atom is 0.256 e. The number of rotatable bonds is 3. The van der Waals surface area contributed by atoms with Gasteiger partial charge in [-0.25, -0.2) is 14.4 Å². The lowest BCUT2D eigenvalue weighted by Gasteiger charge is -2.36. The third-order valence-corrected chi connectivity index (χ3v) is 7.04. The average Bonchev–Trinajstić information content (AvgIpc) is 3.54. The van der Waals surface area contributed by atoms with Crippen LogP contribution in [0.3, 0.4) is 0 Å². The van der Waals surface area contributed by atoms with Gasteiger partial charge in [-0.3, -0.25) is 4.79 Å². The van der Waals surface area contributed by atoms with Crippen LogP contribution in [0.25, 0.3) is 10.2 Å². The van der Waals surface area contributed by atoms with Crippen LogP contribution in [0.4, 0.5) is 10.2 Å². The Morgan fingerprint density at radius 3 is 2.47 bits per heavy atom. The lowest BCUT2D eigenvalue weighted by Crippen LogP contribution is -2.49. The van der Waals surface area contributed by atoms with Crippen molar-refractivity contribution in [1.82, 2.24) is 14.9 Å². The molecule has 3 heterocycles. The van der Waals surface area contributed by atoms with Crippen molar-refractivity contribution in [3.63, 3.8) is 0 Å². The second kappa shape index (κ2) is 8.12. The molecular formula is C22H24ClFN4OS. The molecule has 2 fully saturated rings. The second-order valence-corrected chi connectivity index (χ2v) is 9.11. The summed E-state index contributed by atoms with van der Waals surface area (Å²) in [4.78, 5) is 28.9. The van der Waals surface area contributed by atoms with Crippen molar-refractivity contribution in [2.75, 3.05) is 31.1 Å². The van der Waals surface area contributed by atoms with Crippen molar-refractivity contribution in [2.24, 2.45) is 0 Å². The number of benzene rings is 1. The highest BCUT2D eigenvalue weighted by molar-refractivity contribution is 7.18. The molecule has 1 aliphatic heterocycles. The smallest absolute Gasteiger partial charge is 0.256 e. The highest BCUT2D eigenvalue weighted by Crippen LogP contribution is 2.42. The Balaban J connectivity index is 0.00000218. The third kappa shape index (κ3) is 3.65. The monoisotopic (exact) mass is 446 g/mol. The molecule has 2 aromatic heterocycles. The van der Waals surface area contributed by atoms with E-state index in [0.717, 1.165) is 21.9 Å². The van der Waals surface area contributed by atoms with Gasteiger partial charge in [0.1, 0.15) is 22.3 Å². The van der Waals surface area contributed by atoms with Crippen molar-refractivity contribution in [2.45, 2.75) is 32.6 Å². The predicted octanol–water partition coefficient (Wildman–Crippen LogP) is 4.71. The minimum absolute atomic E-state index is 0. The van der Waals surface area contributed by atoms with Gasteiger partial charge in [-0.15, -0.1) is 23.7 Å². The number of hydrogen-bond donors (Lipinski definition) is 0. The zero-order valence-electron chi connectivity index (χ0n) is 17.0. The van der Waals surface area contributed by atoms with Crippen LogP contribution in [0.15, 0.2) is 24.3 Å². The fourth-order valence-electron chi connectivity index (χ4n) is 3.92. The number of aromatic nitrogens is 2. The van der Waals surface area contributed by atoms with Crippen LogP contribution in [0.1, 0.15) is 45.4 Å². The SMILES string of the molecule is Cc1sc2nc(C3CC3)nc(N3CCN(C(=O)c4ccccc4F)CC3)c2c1C.Cl. The molecule has 5 nitrogen and oxygen atoms in total. The van der Waals surface area contributed by atoms with E-state index in [-0.39, 0.29) is 23.9 Å². The molecule has 5 rings (SSSR count). The van der Waals surface area contributed by atoms with Gasteiger partial charge in [0.05, 0.1) is 10.9 Å². The number of aryl methyl sites for hydroxylation is 2. The van der Waals surface area contributed by atoms with Crippen molar-refractivity contribution in [3.8, 4) is 0 Å². The Hall–Kier alpha value is -2.25. The van der Waals surface area contributed by atoms with Crippen LogP contribution >= 0.6 is 23.7 Å². The summed E-state index contributed by atoms with van der Waals surface area (Å²) >= 11 is 1.74. The number of fused-ring (bicyclic) bond motifs is 1. The van der Waals surface area contributed by atoms with Gasteiger partial charge in [-0.1, -0.05) is 12.1 Å². The van der Waals surface area contributed by atoms with Gasteiger partial charge in [-0.05, 0) is 44.4 Å². The van der Waals surface area contributed by atoms with Crippen molar-refractivity contribution >= 4 is 45.7 Å². The normalized spacial score (nSPS) is 16.6. The molecule has 0 N–H and O–H groups in total. The highest BCUT2D eigenvalue weighted by Gasteiger charge is 2.31. The molecule has 1 aromatic carbocycles. The van der Waals surface area contributed by atoms with Crippen LogP contribution in [-0.2, 0) is 0 Å². The number of hydrogen-bond acceptors (Lipinski definition) is 5. The summed E-state index contributed by atoms with van der Waals surface area (Å²) in [5.74, 6) is 1.74. The maximum absolute atomic E-state index is 14.0. The summed E-state index contributed by atoms with van der Waals surface area (Å²) < 4.78 is 14.0. The minimum Gasteiger partial charge on any atom is -0.352 e. The number of thiophene rings is 1. The van der Waals surface area contributed by atoms with Gasteiger partial charge in [0, 0.05) is 37.0 Å². The molecule has 2 aliphatic rings. The lowest BCUT2D eigenvalue weighted by molar-refractivity contribution is 0.0742. The molecule has 0 bridgehead atoms. The summed E-state index contributed by atoms with van der Waals surface area (Å²) in [5, 5.41) is 1.14. The van der Waals surface area contributed by atoms with E-state index in [9.17, 15) is 9.18 Å². The zero-order chi connectivity index (χ0) is 20.1. The van der Waals surface area contributed by atoms with E-state index >= 15 is 0 Å². The van der Waals surface area contributed by atoms with Gasteiger partial charge < -0.3 is 9.80 Å². The molecule has 1 saturated carbocycles. The maximum atomic E-state index is 14.0. The predicted molar refractivity (Wildman–Crippen MR) is 121 cm³/mol. The Morgan fingerprint density at radius 2 is 1.80 bits per heavy atom. The van der Waals surface area contributed by atoms with Crippen molar-refractivity contribution in [3.05, 3.63) is 51.9 Å².